The van der Waals surface area contributed by atoms with Crippen molar-refractivity contribution in [2.24, 2.45) is 10.8 Å². The van der Waals surface area contributed by atoms with E-state index in [0.29, 0.717) is 17.2 Å². The van der Waals surface area contributed by atoms with E-state index in [1.54, 1.807) is 0 Å². The predicted octanol–water partition coefficient (Wildman–Crippen LogP) is 4.48. The highest BCUT2D eigenvalue weighted by Crippen LogP contribution is 2.52. The lowest BCUT2D eigenvalue weighted by Crippen LogP contribution is -2.38. The minimum absolute atomic E-state index is 0.239. The Labute approximate surface area is 171 Å². The Bertz CT molecular complexity index is 863. The maximum absolute atomic E-state index is 13.0. The van der Waals surface area contributed by atoms with Gasteiger partial charge in [0.25, 0.3) is 0 Å². The monoisotopic (exact) mass is 398 g/mol. The predicted molar refractivity (Wildman–Crippen MR) is 113 cm³/mol. The molecule has 6 heteroatoms. The third-order valence-electron chi connectivity index (χ3n) is 6.12. The van der Waals surface area contributed by atoms with Crippen molar-refractivity contribution in [2.45, 2.75) is 64.7 Å². The minimum atomic E-state index is 0.239. The van der Waals surface area contributed by atoms with Crippen molar-refractivity contribution in [2.75, 3.05) is 12.3 Å². The molecule has 1 aliphatic heterocycles. The van der Waals surface area contributed by atoms with E-state index >= 15 is 0 Å². The van der Waals surface area contributed by atoms with Crippen LogP contribution in [0, 0.1) is 10.8 Å². The summed E-state index contributed by atoms with van der Waals surface area (Å²) in [6.07, 6.45) is 3.47. The number of likely N-dealkylation sites (tertiary alicyclic amines) is 1. The molecule has 0 unspecified atom stereocenters. The van der Waals surface area contributed by atoms with Crippen molar-refractivity contribution in [1.82, 2.24) is 19.7 Å². The van der Waals surface area contributed by atoms with E-state index < -0.39 is 0 Å². The van der Waals surface area contributed by atoms with Crippen molar-refractivity contribution >= 4 is 17.7 Å². The van der Waals surface area contributed by atoms with Gasteiger partial charge in [0, 0.05) is 24.7 Å². The molecule has 1 amide bonds. The standard InChI is InChI=1S/C22H30N4OS/c1-5-25-19(16-9-7-6-8-10-16)23-24-20(25)28-13-18(27)26-15-22(4)12-17(26)11-21(2,3)14-22/h6-10,17H,5,11-15H2,1-4H3/t17-,22-/m0/s1. The van der Waals surface area contributed by atoms with E-state index in [0.717, 1.165) is 42.5 Å². The number of benzene rings is 1. The number of aromatic nitrogens is 3. The van der Waals surface area contributed by atoms with Gasteiger partial charge in [-0.1, -0.05) is 62.9 Å². The molecule has 1 aromatic heterocycles. The first-order valence-corrected chi connectivity index (χ1v) is 11.2. The Kier molecular flexibility index (Phi) is 5.02. The second-order valence-corrected chi connectivity index (χ2v) is 10.4. The zero-order valence-corrected chi connectivity index (χ0v) is 18.1. The smallest absolute Gasteiger partial charge is 0.233 e. The molecule has 0 radical (unpaired) electrons. The SMILES string of the molecule is CCn1c(SCC(=O)N2C[C@@]3(C)C[C@@H]2CC(C)(C)C3)nnc1-c1ccccc1. The molecule has 150 valence electrons. The van der Waals surface area contributed by atoms with Crippen LogP contribution in [0.15, 0.2) is 35.5 Å². The van der Waals surface area contributed by atoms with Crippen LogP contribution in [0.25, 0.3) is 11.4 Å². The molecular formula is C22H30N4OS. The summed E-state index contributed by atoms with van der Waals surface area (Å²) < 4.78 is 2.10. The Morgan fingerprint density at radius 1 is 1.18 bits per heavy atom. The molecule has 2 aromatic rings. The topological polar surface area (TPSA) is 51.0 Å². The minimum Gasteiger partial charge on any atom is -0.338 e. The molecule has 1 saturated carbocycles. The zero-order chi connectivity index (χ0) is 19.9. The summed E-state index contributed by atoms with van der Waals surface area (Å²) in [7, 11) is 0. The lowest BCUT2D eigenvalue weighted by atomic mass is 9.65. The average Bonchev–Trinajstić information content (AvgIpc) is 3.17. The molecule has 2 aliphatic rings. The zero-order valence-electron chi connectivity index (χ0n) is 17.3. The summed E-state index contributed by atoms with van der Waals surface area (Å²) in [5.74, 6) is 1.53. The second kappa shape index (κ2) is 7.21. The summed E-state index contributed by atoms with van der Waals surface area (Å²) in [5.41, 5.74) is 1.65. The van der Waals surface area contributed by atoms with E-state index in [1.165, 1.54) is 18.2 Å². The van der Waals surface area contributed by atoms with Gasteiger partial charge in [-0.05, 0) is 37.0 Å². The number of carbonyl (C=O) groups excluding carboxylic acids is 1. The first-order valence-electron chi connectivity index (χ1n) is 10.2. The largest absolute Gasteiger partial charge is 0.338 e. The summed E-state index contributed by atoms with van der Waals surface area (Å²) in [4.78, 5) is 15.2. The van der Waals surface area contributed by atoms with Gasteiger partial charge in [0.15, 0.2) is 11.0 Å². The Morgan fingerprint density at radius 3 is 2.64 bits per heavy atom. The number of rotatable bonds is 5. The highest BCUT2D eigenvalue weighted by atomic mass is 32.2. The van der Waals surface area contributed by atoms with Crippen molar-refractivity contribution in [1.29, 1.82) is 0 Å². The number of carbonyl (C=O) groups is 1. The number of hydrogen-bond donors (Lipinski definition) is 0. The highest BCUT2D eigenvalue weighted by Gasteiger charge is 2.50. The fourth-order valence-electron chi connectivity index (χ4n) is 5.44. The Balaban J connectivity index is 1.46. The first-order chi connectivity index (χ1) is 13.3. The molecule has 2 fully saturated rings. The van der Waals surface area contributed by atoms with Crippen molar-refractivity contribution < 1.29 is 4.79 Å². The fraction of sp³-hybridized carbons (Fsp3) is 0.591. The molecule has 1 aliphatic carbocycles. The lowest BCUT2D eigenvalue weighted by molar-refractivity contribution is -0.129. The van der Waals surface area contributed by atoms with E-state index in [-0.39, 0.29) is 11.3 Å². The second-order valence-electron chi connectivity index (χ2n) is 9.44. The third-order valence-corrected chi connectivity index (χ3v) is 7.08. The van der Waals surface area contributed by atoms with E-state index in [1.807, 2.05) is 30.3 Å². The van der Waals surface area contributed by atoms with Crippen LogP contribution >= 0.6 is 11.8 Å². The van der Waals surface area contributed by atoms with Gasteiger partial charge in [-0.2, -0.15) is 0 Å². The maximum Gasteiger partial charge on any atom is 0.233 e. The van der Waals surface area contributed by atoms with Gasteiger partial charge in [-0.15, -0.1) is 10.2 Å². The molecule has 0 spiro atoms. The van der Waals surface area contributed by atoms with Crippen LogP contribution in [0.5, 0.6) is 0 Å². The van der Waals surface area contributed by atoms with Gasteiger partial charge >= 0.3 is 0 Å². The van der Waals surface area contributed by atoms with Gasteiger partial charge in [0.2, 0.25) is 5.91 Å². The highest BCUT2D eigenvalue weighted by molar-refractivity contribution is 7.99. The molecule has 1 saturated heterocycles. The molecule has 2 bridgehead atoms. The first kappa shape index (κ1) is 19.5. The number of nitrogens with zero attached hydrogens (tertiary/aromatic N) is 4. The third kappa shape index (κ3) is 3.71. The van der Waals surface area contributed by atoms with Crippen LogP contribution in [0.3, 0.4) is 0 Å². The summed E-state index contributed by atoms with van der Waals surface area (Å²) in [6.45, 7) is 10.8. The molecular weight excluding hydrogens is 368 g/mol. The van der Waals surface area contributed by atoms with Crippen LogP contribution in [-0.2, 0) is 11.3 Å². The Morgan fingerprint density at radius 2 is 1.93 bits per heavy atom. The molecule has 1 aromatic carbocycles. The number of thioether (sulfide) groups is 1. The number of fused-ring (bicyclic) bond motifs is 2. The van der Waals surface area contributed by atoms with Crippen molar-refractivity contribution in [3.8, 4) is 11.4 Å². The molecule has 4 rings (SSSR count). The van der Waals surface area contributed by atoms with Crippen LogP contribution in [0.1, 0.15) is 47.0 Å². The van der Waals surface area contributed by atoms with Gasteiger partial charge in [-0.25, -0.2) is 0 Å². The summed E-state index contributed by atoms with van der Waals surface area (Å²) in [5, 5.41) is 9.58. The number of amides is 1. The van der Waals surface area contributed by atoms with Gasteiger partial charge < -0.3 is 9.47 Å². The van der Waals surface area contributed by atoms with E-state index in [2.05, 4.69) is 47.4 Å². The van der Waals surface area contributed by atoms with Crippen LogP contribution < -0.4 is 0 Å². The molecule has 2 heterocycles. The van der Waals surface area contributed by atoms with Gasteiger partial charge in [-0.3, -0.25) is 4.79 Å². The lowest BCUT2D eigenvalue weighted by Gasteiger charge is -2.39. The molecule has 28 heavy (non-hydrogen) atoms. The van der Waals surface area contributed by atoms with Crippen molar-refractivity contribution in [3.63, 3.8) is 0 Å². The molecule has 2 atom stereocenters. The molecule has 5 nitrogen and oxygen atoms in total. The van der Waals surface area contributed by atoms with E-state index in [4.69, 9.17) is 0 Å². The van der Waals surface area contributed by atoms with Gasteiger partial charge in [0.1, 0.15) is 0 Å². The number of hydrogen-bond acceptors (Lipinski definition) is 4. The van der Waals surface area contributed by atoms with Crippen molar-refractivity contribution in [3.05, 3.63) is 30.3 Å². The van der Waals surface area contributed by atoms with Crippen LogP contribution in [0.4, 0.5) is 0 Å². The fourth-order valence-corrected chi connectivity index (χ4v) is 6.33. The average molecular weight is 399 g/mol. The normalized spacial score (nSPS) is 25.9. The summed E-state index contributed by atoms with van der Waals surface area (Å²) >= 11 is 1.51. The van der Waals surface area contributed by atoms with Crippen LogP contribution in [0.2, 0.25) is 0 Å². The van der Waals surface area contributed by atoms with Gasteiger partial charge in [0.05, 0.1) is 5.75 Å². The van der Waals surface area contributed by atoms with Crippen LogP contribution in [-0.4, -0.2) is 43.9 Å². The maximum atomic E-state index is 13.0. The molecule has 0 N–H and O–H groups in total. The Hall–Kier alpha value is -1.82. The van der Waals surface area contributed by atoms with E-state index in [9.17, 15) is 4.79 Å². The quantitative estimate of drug-likeness (QED) is 0.697. The summed E-state index contributed by atoms with van der Waals surface area (Å²) in [6, 6.07) is 10.5.